The minimum atomic E-state index is 0.440. The van der Waals surface area contributed by atoms with E-state index in [1.165, 1.54) is 5.56 Å². The lowest BCUT2D eigenvalue weighted by Crippen LogP contribution is -2.21. The van der Waals surface area contributed by atoms with E-state index in [-0.39, 0.29) is 0 Å². The first-order valence-corrected chi connectivity index (χ1v) is 6.99. The number of anilines is 1. The predicted molar refractivity (Wildman–Crippen MR) is 84.7 cm³/mol. The largest absolute Gasteiger partial charge is 0.337 e. The fraction of sp³-hybridized carbons (Fsp3) is 0.267. The highest BCUT2D eigenvalue weighted by atomic mass is 15.4. The van der Waals surface area contributed by atoms with Crippen molar-refractivity contribution in [2.75, 3.05) is 5.43 Å². The molecule has 0 atom stereocenters. The van der Waals surface area contributed by atoms with Crippen LogP contribution in [0.2, 0.25) is 0 Å². The maximum atomic E-state index is 4.46. The number of rotatable bonds is 4. The smallest absolute Gasteiger partial charge is 0.263 e. The van der Waals surface area contributed by atoms with Gasteiger partial charge in [-0.05, 0) is 25.8 Å². The molecular weight excluding hydrogens is 264 g/mol. The Labute approximate surface area is 122 Å². The number of benzene rings is 1. The fourth-order valence-electron chi connectivity index (χ4n) is 2.31. The lowest BCUT2D eigenvalue weighted by atomic mass is 10.1. The number of allylic oxidation sites excluding steroid dienone is 2. The first-order chi connectivity index (χ1) is 10.2. The SMILES string of the molecule is CCC=C(C)NNc1nnc2c(n1)[nH]c1c(C)cccc12. The van der Waals surface area contributed by atoms with Crippen LogP contribution in [0.25, 0.3) is 22.1 Å². The molecule has 0 radical (unpaired) electrons. The number of nitrogens with one attached hydrogen (secondary N) is 3. The lowest BCUT2D eigenvalue weighted by Gasteiger charge is -2.07. The topological polar surface area (TPSA) is 78.5 Å². The van der Waals surface area contributed by atoms with Crippen LogP contribution in [0.3, 0.4) is 0 Å². The molecule has 0 saturated heterocycles. The summed E-state index contributed by atoms with van der Waals surface area (Å²) < 4.78 is 0. The van der Waals surface area contributed by atoms with Crippen LogP contribution in [0.1, 0.15) is 25.8 Å². The number of aryl methyl sites for hydroxylation is 1. The zero-order valence-electron chi connectivity index (χ0n) is 12.4. The minimum Gasteiger partial charge on any atom is -0.337 e. The van der Waals surface area contributed by atoms with Crippen molar-refractivity contribution in [2.24, 2.45) is 0 Å². The summed E-state index contributed by atoms with van der Waals surface area (Å²) in [5.74, 6) is 0.440. The van der Waals surface area contributed by atoms with E-state index in [1.54, 1.807) is 0 Å². The third-order valence-electron chi connectivity index (χ3n) is 3.34. The Morgan fingerprint density at radius 2 is 2.19 bits per heavy atom. The van der Waals surface area contributed by atoms with Crippen LogP contribution in [0.4, 0.5) is 5.95 Å². The molecule has 0 fully saturated rings. The van der Waals surface area contributed by atoms with Crippen LogP contribution in [-0.4, -0.2) is 20.2 Å². The summed E-state index contributed by atoms with van der Waals surface area (Å²) in [6.45, 7) is 6.13. The molecule has 1 aromatic carbocycles. The molecule has 0 aliphatic carbocycles. The molecule has 0 spiro atoms. The second-order valence-corrected chi connectivity index (χ2v) is 5.00. The third kappa shape index (κ3) is 2.52. The molecule has 0 aliphatic heterocycles. The van der Waals surface area contributed by atoms with E-state index >= 15 is 0 Å². The summed E-state index contributed by atoms with van der Waals surface area (Å²) in [7, 11) is 0. The van der Waals surface area contributed by atoms with E-state index in [9.17, 15) is 0 Å². The van der Waals surface area contributed by atoms with Gasteiger partial charge >= 0.3 is 0 Å². The van der Waals surface area contributed by atoms with Crippen LogP contribution in [0.5, 0.6) is 0 Å². The summed E-state index contributed by atoms with van der Waals surface area (Å²) in [6, 6.07) is 6.10. The van der Waals surface area contributed by atoms with Crippen LogP contribution >= 0.6 is 0 Å². The monoisotopic (exact) mass is 282 g/mol. The fourth-order valence-corrected chi connectivity index (χ4v) is 2.31. The van der Waals surface area contributed by atoms with Crippen LogP contribution < -0.4 is 10.9 Å². The molecule has 3 rings (SSSR count). The van der Waals surface area contributed by atoms with Gasteiger partial charge in [-0.25, -0.2) is 0 Å². The van der Waals surface area contributed by atoms with Gasteiger partial charge in [0.1, 0.15) is 5.52 Å². The lowest BCUT2D eigenvalue weighted by molar-refractivity contribution is 0.892. The average Bonchev–Trinajstić information content (AvgIpc) is 2.85. The molecule has 108 valence electrons. The highest BCUT2D eigenvalue weighted by Gasteiger charge is 2.09. The molecule has 21 heavy (non-hydrogen) atoms. The van der Waals surface area contributed by atoms with E-state index in [4.69, 9.17) is 0 Å². The Morgan fingerprint density at radius 1 is 1.33 bits per heavy atom. The third-order valence-corrected chi connectivity index (χ3v) is 3.34. The molecule has 0 unspecified atom stereocenters. The number of hydrazine groups is 1. The van der Waals surface area contributed by atoms with Gasteiger partial charge in [0, 0.05) is 11.1 Å². The molecule has 2 aromatic heterocycles. The van der Waals surface area contributed by atoms with Gasteiger partial charge in [0.15, 0.2) is 5.65 Å². The van der Waals surface area contributed by atoms with E-state index in [0.717, 1.165) is 34.2 Å². The van der Waals surface area contributed by atoms with E-state index in [0.29, 0.717) is 5.95 Å². The van der Waals surface area contributed by atoms with Gasteiger partial charge in [0.05, 0.1) is 5.52 Å². The van der Waals surface area contributed by atoms with Gasteiger partial charge in [-0.2, -0.15) is 4.98 Å². The Morgan fingerprint density at radius 3 is 3.00 bits per heavy atom. The number of para-hydroxylation sites is 1. The van der Waals surface area contributed by atoms with Gasteiger partial charge in [0.25, 0.3) is 5.95 Å². The quantitative estimate of drug-likeness (QED) is 0.641. The second-order valence-electron chi connectivity index (χ2n) is 5.00. The molecule has 0 bridgehead atoms. The Kier molecular flexibility index (Phi) is 3.43. The van der Waals surface area contributed by atoms with Crippen molar-refractivity contribution in [1.82, 2.24) is 25.6 Å². The maximum absolute atomic E-state index is 4.46. The van der Waals surface area contributed by atoms with E-state index in [2.05, 4.69) is 57.0 Å². The first kappa shape index (κ1) is 13.4. The van der Waals surface area contributed by atoms with Crippen LogP contribution in [0, 0.1) is 6.92 Å². The standard InChI is InChI=1S/C15H18N6/c1-4-6-10(3)18-20-15-17-14-13(19-21-15)11-8-5-7-9(2)12(11)16-14/h5-8,18H,4H2,1-3H3,(H2,16,17,20,21). The number of aromatic amines is 1. The summed E-state index contributed by atoms with van der Waals surface area (Å²) >= 11 is 0. The first-order valence-electron chi connectivity index (χ1n) is 6.99. The highest BCUT2D eigenvalue weighted by molar-refractivity contribution is 6.04. The number of hydrogen-bond acceptors (Lipinski definition) is 5. The normalized spacial score (nSPS) is 12.0. The number of aromatic nitrogens is 4. The zero-order chi connectivity index (χ0) is 14.8. The summed E-state index contributed by atoms with van der Waals surface area (Å²) in [5.41, 5.74) is 10.8. The highest BCUT2D eigenvalue weighted by Crippen LogP contribution is 2.24. The molecule has 0 aliphatic rings. The van der Waals surface area contributed by atoms with Gasteiger partial charge in [-0.15, -0.1) is 10.2 Å². The second kappa shape index (κ2) is 5.40. The van der Waals surface area contributed by atoms with E-state index in [1.807, 2.05) is 19.1 Å². The molecule has 6 nitrogen and oxygen atoms in total. The Bertz CT molecular complexity index is 818. The summed E-state index contributed by atoms with van der Waals surface area (Å²) in [5, 5.41) is 9.43. The van der Waals surface area contributed by atoms with Crippen LogP contribution in [-0.2, 0) is 0 Å². The number of H-pyrrole nitrogens is 1. The number of nitrogens with zero attached hydrogens (tertiary/aromatic N) is 3. The predicted octanol–water partition coefficient (Wildman–Crippen LogP) is 3.04. The zero-order valence-corrected chi connectivity index (χ0v) is 12.4. The summed E-state index contributed by atoms with van der Waals surface area (Å²) in [4.78, 5) is 7.76. The number of hydrogen-bond donors (Lipinski definition) is 3. The Balaban J connectivity index is 1.95. The van der Waals surface area contributed by atoms with Gasteiger partial charge in [-0.1, -0.05) is 31.2 Å². The van der Waals surface area contributed by atoms with Crippen molar-refractivity contribution in [3.63, 3.8) is 0 Å². The van der Waals surface area contributed by atoms with Crippen molar-refractivity contribution < 1.29 is 0 Å². The minimum absolute atomic E-state index is 0.440. The van der Waals surface area contributed by atoms with Gasteiger partial charge in [0.2, 0.25) is 0 Å². The van der Waals surface area contributed by atoms with Crippen molar-refractivity contribution in [2.45, 2.75) is 27.2 Å². The maximum Gasteiger partial charge on any atom is 0.263 e. The average molecular weight is 282 g/mol. The Hall–Kier alpha value is -2.63. The summed E-state index contributed by atoms with van der Waals surface area (Å²) in [6.07, 6.45) is 3.05. The van der Waals surface area contributed by atoms with Gasteiger partial charge < -0.3 is 10.4 Å². The molecule has 3 aromatic rings. The van der Waals surface area contributed by atoms with Crippen molar-refractivity contribution >= 4 is 28.0 Å². The molecule has 6 heteroatoms. The molecule has 0 saturated carbocycles. The number of fused-ring (bicyclic) bond motifs is 3. The molecular formula is C15H18N6. The molecule has 0 amide bonds. The van der Waals surface area contributed by atoms with Crippen molar-refractivity contribution in [3.8, 4) is 0 Å². The molecule has 2 heterocycles. The van der Waals surface area contributed by atoms with Crippen molar-refractivity contribution in [1.29, 1.82) is 0 Å². The van der Waals surface area contributed by atoms with Crippen molar-refractivity contribution in [3.05, 3.63) is 35.5 Å². The van der Waals surface area contributed by atoms with E-state index < -0.39 is 0 Å². The molecule has 3 N–H and O–H groups in total. The van der Waals surface area contributed by atoms with Gasteiger partial charge in [-0.3, -0.25) is 5.43 Å². The van der Waals surface area contributed by atoms with Crippen LogP contribution in [0.15, 0.2) is 30.0 Å².